The number of carbonyl (C=O) groups is 1. The second-order valence-electron chi connectivity index (χ2n) is 5.56. The third-order valence-corrected chi connectivity index (χ3v) is 4.77. The van der Waals surface area contributed by atoms with Gasteiger partial charge in [-0.05, 0) is 49.4 Å². The molecule has 3 rings (SSSR count). The third-order valence-electron chi connectivity index (χ3n) is 3.69. The van der Waals surface area contributed by atoms with Gasteiger partial charge in [-0.2, -0.15) is 0 Å². The maximum Gasteiger partial charge on any atom is 0.338 e. The summed E-state index contributed by atoms with van der Waals surface area (Å²) in [6.07, 6.45) is 0. The molecule has 4 nitrogen and oxygen atoms in total. The van der Waals surface area contributed by atoms with Crippen LogP contribution in [0.5, 0.6) is 0 Å². The first-order valence-electron chi connectivity index (χ1n) is 8.33. The summed E-state index contributed by atoms with van der Waals surface area (Å²) >= 11 is 1.68. The van der Waals surface area contributed by atoms with Gasteiger partial charge in [0, 0.05) is 9.79 Å². The number of nitrogens with one attached hydrogen (secondary N) is 1. The Kier molecular flexibility index (Phi) is 5.81. The van der Waals surface area contributed by atoms with Crippen LogP contribution in [0.3, 0.4) is 0 Å². The number of esters is 1. The molecule has 0 aliphatic carbocycles. The van der Waals surface area contributed by atoms with Crippen molar-refractivity contribution in [2.45, 2.75) is 16.7 Å². The molecule has 0 aliphatic rings. The molecule has 0 radical (unpaired) electrons. The minimum atomic E-state index is -0.370. The van der Waals surface area contributed by atoms with Gasteiger partial charge in [0.2, 0.25) is 0 Å². The van der Waals surface area contributed by atoms with Crippen molar-refractivity contribution in [3.05, 3.63) is 78.4 Å². The molecule has 3 aromatic carbocycles. The SMILES string of the molecule is CCOC(=O)c1ccc(Nc2ccccc2Sc2ccccc2)c(N)c1. The average Bonchev–Trinajstić information content (AvgIpc) is 2.66. The molecular formula is C21H20N2O2S. The Hall–Kier alpha value is -2.92. The highest BCUT2D eigenvalue weighted by atomic mass is 32.2. The van der Waals surface area contributed by atoms with Crippen LogP contribution in [-0.2, 0) is 4.74 Å². The maximum atomic E-state index is 11.8. The first-order chi connectivity index (χ1) is 12.7. The van der Waals surface area contributed by atoms with Gasteiger partial charge in [-0.1, -0.05) is 42.1 Å². The fourth-order valence-corrected chi connectivity index (χ4v) is 3.36. The minimum Gasteiger partial charge on any atom is -0.462 e. The average molecular weight is 364 g/mol. The van der Waals surface area contributed by atoms with Crippen molar-refractivity contribution in [1.29, 1.82) is 0 Å². The van der Waals surface area contributed by atoms with Crippen molar-refractivity contribution in [2.75, 3.05) is 17.7 Å². The van der Waals surface area contributed by atoms with Crippen LogP contribution in [0.25, 0.3) is 0 Å². The Labute approximate surface area is 157 Å². The summed E-state index contributed by atoms with van der Waals surface area (Å²) in [6.45, 7) is 2.11. The number of anilines is 3. The molecule has 3 aromatic rings. The minimum absolute atomic E-state index is 0.336. The summed E-state index contributed by atoms with van der Waals surface area (Å²) in [5, 5.41) is 3.36. The fourth-order valence-electron chi connectivity index (χ4n) is 2.44. The summed E-state index contributed by atoms with van der Waals surface area (Å²) in [4.78, 5) is 14.1. The van der Waals surface area contributed by atoms with Crippen molar-refractivity contribution in [3.63, 3.8) is 0 Å². The van der Waals surface area contributed by atoms with Gasteiger partial charge in [-0.3, -0.25) is 0 Å². The van der Waals surface area contributed by atoms with E-state index in [1.807, 2.05) is 36.4 Å². The van der Waals surface area contributed by atoms with E-state index in [1.54, 1.807) is 36.9 Å². The normalized spacial score (nSPS) is 10.3. The Morgan fingerprint density at radius 2 is 1.73 bits per heavy atom. The monoisotopic (exact) mass is 364 g/mol. The van der Waals surface area contributed by atoms with E-state index >= 15 is 0 Å². The molecule has 0 atom stereocenters. The van der Waals surface area contributed by atoms with Crippen LogP contribution in [0.2, 0.25) is 0 Å². The van der Waals surface area contributed by atoms with E-state index in [2.05, 4.69) is 23.5 Å². The van der Waals surface area contributed by atoms with E-state index in [0.717, 1.165) is 21.2 Å². The van der Waals surface area contributed by atoms with Gasteiger partial charge in [-0.25, -0.2) is 4.79 Å². The van der Waals surface area contributed by atoms with E-state index in [9.17, 15) is 4.79 Å². The predicted octanol–water partition coefficient (Wildman–Crippen LogP) is 5.34. The lowest BCUT2D eigenvalue weighted by molar-refractivity contribution is 0.0526. The fraction of sp³-hybridized carbons (Fsp3) is 0.0952. The standard InChI is InChI=1S/C21H20N2O2S/c1-2-25-21(24)15-12-13-18(17(22)14-15)23-19-10-6-7-11-20(19)26-16-8-4-3-5-9-16/h3-14,23H,2,22H2,1H3. The van der Waals surface area contributed by atoms with Crippen molar-refractivity contribution in [2.24, 2.45) is 0 Å². The lowest BCUT2D eigenvalue weighted by Crippen LogP contribution is -2.06. The Bertz CT molecular complexity index is 898. The highest BCUT2D eigenvalue weighted by molar-refractivity contribution is 7.99. The second-order valence-corrected chi connectivity index (χ2v) is 6.67. The highest BCUT2D eigenvalue weighted by Crippen LogP contribution is 2.35. The summed E-state index contributed by atoms with van der Waals surface area (Å²) in [5.41, 5.74) is 8.78. The molecule has 0 amide bonds. The lowest BCUT2D eigenvalue weighted by Gasteiger charge is -2.14. The van der Waals surface area contributed by atoms with E-state index in [0.29, 0.717) is 17.9 Å². The molecule has 0 fully saturated rings. The zero-order valence-electron chi connectivity index (χ0n) is 14.4. The number of ether oxygens (including phenoxy) is 1. The number of benzene rings is 3. The van der Waals surface area contributed by atoms with Crippen molar-refractivity contribution in [3.8, 4) is 0 Å². The van der Waals surface area contributed by atoms with Crippen LogP contribution >= 0.6 is 11.8 Å². The number of hydrogen-bond acceptors (Lipinski definition) is 5. The van der Waals surface area contributed by atoms with Gasteiger partial charge in [0.1, 0.15) is 0 Å². The summed E-state index contributed by atoms with van der Waals surface area (Å²) < 4.78 is 5.01. The molecule has 0 aromatic heterocycles. The highest BCUT2D eigenvalue weighted by Gasteiger charge is 2.10. The summed E-state index contributed by atoms with van der Waals surface area (Å²) in [6, 6.07) is 23.4. The van der Waals surface area contributed by atoms with Gasteiger partial charge in [0.05, 0.1) is 29.2 Å². The maximum absolute atomic E-state index is 11.8. The Balaban J connectivity index is 1.82. The van der Waals surface area contributed by atoms with Gasteiger partial charge < -0.3 is 15.8 Å². The zero-order chi connectivity index (χ0) is 18.4. The topological polar surface area (TPSA) is 64.3 Å². The molecule has 132 valence electrons. The van der Waals surface area contributed by atoms with Gasteiger partial charge >= 0.3 is 5.97 Å². The van der Waals surface area contributed by atoms with Crippen LogP contribution < -0.4 is 11.1 Å². The van der Waals surface area contributed by atoms with Crippen LogP contribution in [0.4, 0.5) is 17.1 Å². The smallest absolute Gasteiger partial charge is 0.338 e. The first-order valence-corrected chi connectivity index (χ1v) is 9.14. The van der Waals surface area contributed by atoms with Crippen LogP contribution in [0, 0.1) is 0 Å². The first kappa shape index (κ1) is 17.9. The Morgan fingerprint density at radius 1 is 1.00 bits per heavy atom. The van der Waals surface area contributed by atoms with Gasteiger partial charge in [0.25, 0.3) is 0 Å². The molecule has 0 spiro atoms. The zero-order valence-corrected chi connectivity index (χ0v) is 15.3. The third kappa shape index (κ3) is 4.37. The number of rotatable bonds is 6. The second kappa shape index (κ2) is 8.45. The van der Waals surface area contributed by atoms with Gasteiger partial charge in [-0.15, -0.1) is 0 Å². The molecular weight excluding hydrogens is 344 g/mol. The van der Waals surface area contributed by atoms with E-state index in [4.69, 9.17) is 10.5 Å². The van der Waals surface area contributed by atoms with Crippen LogP contribution in [0.1, 0.15) is 17.3 Å². The largest absolute Gasteiger partial charge is 0.462 e. The van der Waals surface area contributed by atoms with Crippen LogP contribution in [0.15, 0.2) is 82.6 Å². The molecule has 0 unspecified atom stereocenters. The van der Waals surface area contributed by atoms with Crippen molar-refractivity contribution < 1.29 is 9.53 Å². The molecule has 0 saturated carbocycles. The summed E-state index contributed by atoms with van der Waals surface area (Å²) in [5.74, 6) is -0.370. The van der Waals surface area contributed by atoms with Crippen molar-refractivity contribution in [1.82, 2.24) is 0 Å². The van der Waals surface area contributed by atoms with Crippen molar-refractivity contribution >= 4 is 34.8 Å². The number of hydrogen-bond donors (Lipinski definition) is 2. The van der Waals surface area contributed by atoms with Crippen LogP contribution in [-0.4, -0.2) is 12.6 Å². The number of carbonyl (C=O) groups excluding carboxylic acids is 1. The molecule has 3 N–H and O–H groups in total. The Morgan fingerprint density at radius 3 is 2.46 bits per heavy atom. The number of para-hydroxylation sites is 1. The van der Waals surface area contributed by atoms with E-state index < -0.39 is 0 Å². The molecule has 26 heavy (non-hydrogen) atoms. The molecule has 0 saturated heterocycles. The number of nitrogens with two attached hydrogens (primary N) is 1. The molecule has 0 aliphatic heterocycles. The van der Waals surface area contributed by atoms with E-state index in [1.165, 1.54) is 0 Å². The molecule has 5 heteroatoms. The quantitative estimate of drug-likeness (QED) is 0.456. The molecule has 0 bridgehead atoms. The predicted molar refractivity (Wildman–Crippen MR) is 107 cm³/mol. The van der Waals surface area contributed by atoms with E-state index in [-0.39, 0.29) is 5.97 Å². The lowest BCUT2D eigenvalue weighted by atomic mass is 10.1. The summed E-state index contributed by atoms with van der Waals surface area (Å²) in [7, 11) is 0. The molecule has 0 heterocycles. The number of nitrogen functional groups attached to an aromatic ring is 1. The van der Waals surface area contributed by atoms with Gasteiger partial charge in [0.15, 0.2) is 0 Å².